The van der Waals surface area contributed by atoms with E-state index in [1.807, 2.05) is 0 Å². The summed E-state index contributed by atoms with van der Waals surface area (Å²) >= 11 is 0. The van der Waals surface area contributed by atoms with E-state index in [-0.39, 0.29) is 25.2 Å². The molecule has 0 rings (SSSR count). The predicted octanol–water partition coefficient (Wildman–Crippen LogP) is 18.0. The first kappa shape index (κ1) is 60.6. The Hall–Kier alpha value is -3.44. The van der Waals surface area contributed by atoms with Crippen LogP contribution < -0.4 is 0 Å². The smallest absolute Gasteiger partial charge is 0.306 e. The lowest BCUT2D eigenvalue weighted by Crippen LogP contribution is -2.30. The molecule has 64 heavy (non-hydrogen) atoms. The topological polar surface area (TPSA) is 61.8 Å². The third kappa shape index (κ3) is 51.2. The van der Waals surface area contributed by atoms with Crippen molar-refractivity contribution in [1.82, 2.24) is 0 Å². The number of carbonyl (C=O) groups is 2. The standard InChI is InChI=1S/C59H98O5/c1-4-7-10-13-16-19-22-24-26-28-30-31-33-35-38-40-43-46-49-52-58(60)63-56-57(64-59(61)53-50-47-44-41-37-21-18-15-12-9-6-3)55-62-54-51-48-45-42-39-36-34-32-29-27-25-23-20-17-14-11-8-5-2/h7-8,10-11,16-17,19-20,24-27,30-32,34,39,42,57H,4-6,9,12-15,18,21-23,28-29,33,35-38,40-41,43-56H2,1-3H3/b10-7-,11-8-,19-16-,20-17-,26-24-,27-25-,31-30-,34-32-,42-39-. The van der Waals surface area contributed by atoms with Crippen molar-refractivity contribution in [2.24, 2.45) is 0 Å². The minimum Gasteiger partial charge on any atom is -0.462 e. The number of ether oxygens (including phenoxy) is 3. The predicted molar refractivity (Wildman–Crippen MR) is 279 cm³/mol. The molecule has 5 nitrogen and oxygen atoms in total. The molecule has 0 aromatic rings. The van der Waals surface area contributed by atoms with Crippen molar-refractivity contribution in [2.45, 2.75) is 232 Å². The molecule has 0 amide bonds. The summed E-state index contributed by atoms with van der Waals surface area (Å²) in [6.45, 7) is 7.48. The Bertz CT molecular complexity index is 1280. The summed E-state index contributed by atoms with van der Waals surface area (Å²) in [5.41, 5.74) is 0. The Morgan fingerprint density at radius 1 is 0.359 bits per heavy atom. The number of unbranched alkanes of at least 4 members (excludes halogenated alkanes) is 18. The second-order valence-corrected chi connectivity index (χ2v) is 17.0. The molecule has 0 aromatic heterocycles. The van der Waals surface area contributed by atoms with E-state index in [2.05, 4.69) is 130 Å². The molecule has 1 unspecified atom stereocenters. The lowest BCUT2D eigenvalue weighted by molar-refractivity contribution is -0.163. The summed E-state index contributed by atoms with van der Waals surface area (Å²) in [6, 6.07) is 0. The Kier molecular flexibility index (Phi) is 51.0. The van der Waals surface area contributed by atoms with Crippen LogP contribution in [0.5, 0.6) is 0 Å². The van der Waals surface area contributed by atoms with Crippen LogP contribution in [0.15, 0.2) is 109 Å². The zero-order valence-corrected chi connectivity index (χ0v) is 41.8. The SMILES string of the molecule is CC/C=C\C/C=C\C/C=C\C/C=C\C/C=C\CCCCOCC(COC(=O)CCCCCCCC/C=C\C/C=C\C/C=C\C/C=C\CC)OC(=O)CCCCCCCCCCCCC. The first-order valence-corrected chi connectivity index (χ1v) is 26.4. The number of hydrogen-bond acceptors (Lipinski definition) is 5. The normalized spacial score (nSPS) is 13.1. The maximum Gasteiger partial charge on any atom is 0.306 e. The minimum atomic E-state index is -0.569. The molecule has 0 aliphatic carbocycles. The molecule has 1 atom stereocenters. The van der Waals surface area contributed by atoms with Gasteiger partial charge in [0.15, 0.2) is 6.10 Å². The molecule has 0 aromatic carbocycles. The van der Waals surface area contributed by atoms with E-state index in [1.54, 1.807) is 0 Å². The molecule has 0 radical (unpaired) electrons. The van der Waals surface area contributed by atoms with Gasteiger partial charge in [0, 0.05) is 19.4 Å². The van der Waals surface area contributed by atoms with Crippen LogP contribution >= 0.6 is 0 Å². The van der Waals surface area contributed by atoms with Gasteiger partial charge in [-0.05, 0) is 103 Å². The maximum absolute atomic E-state index is 12.8. The molecule has 0 N–H and O–H groups in total. The van der Waals surface area contributed by atoms with Gasteiger partial charge in [-0.15, -0.1) is 0 Å². The summed E-state index contributed by atoms with van der Waals surface area (Å²) in [5, 5.41) is 0. The third-order valence-corrected chi connectivity index (χ3v) is 10.8. The lowest BCUT2D eigenvalue weighted by Gasteiger charge is -2.18. The van der Waals surface area contributed by atoms with Gasteiger partial charge >= 0.3 is 11.9 Å². The molecule has 0 bridgehead atoms. The van der Waals surface area contributed by atoms with Crippen molar-refractivity contribution in [3.8, 4) is 0 Å². The van der Waals surface area contributed by atoms with Crippen molar-refractivity contribution >= 4 is 11.9 Å². The number of hydrogen-bond donors (Lipinski definition) is 0. The van der Waals surface area contributed by atoms with Crippen LogP contribution in [0.4, 0.5) is 0 Å². The highest BCUT2D eigenvalue weighted by atomic mass is 16.6. The Morgan fingerprint density at radius 3 is 1.12 bits per heavy atom. The summed E-state index contributed by atoms with van der Waals surface area (Å²) in [5.74, 6) is -0.441. The van der Waals surface area contributed by atoms with E-state index in [4.69, 9.17) is 14.2 Å². The molecule has 364 valence electrons. The van der Waals surface area contributed by atoms with E-state index in [9.17, 15) is 9.59 Å². The van der Waals surface area contributed by atoms with E-state index in [0.717, 1.165) is 122 Å². The second-order valence-electron chi connectivity index (χ2n) is 17.0. The van der Waals surface area contributed by atoms with Gasteiger partial charge in [-0.1, -0.05) is 220 Å². The van der Waals surface area contributed by atoms with E-state index < -0.39 is 6.10 Å². The van der Waals surface area contributed by atoms with Crippen LogP contribution in [0.25, 0.3) is 0 Å². The zero-order valence-electron chi connectivity index (χ0n) is 41.8. The number of carbonyl (C=O) groups excluding carboxylic acids is 2. The quantitative estimate of drug-likeness (QED) is 0.0346. The molecule has 0 aliphatic rings. The van der Waals surface area contributed by atoms with Crippen molar-refractivity contribution < 1.29 is 23.8 Å². The highest BCUT2D eigenvalue weighted by Crippen LogP contribution is 2.14. The fourth-order valence-corrected chi connectivity index (χ4v) is 6.94. The van der Waals surface area contributed by atoms with Gasteiger partial charge in [0.25, 0.3) is 0 Å². The summed E-state index contributed by atoms with van der Waals surface area (Å²) in [6.07, 6.45) is 73.9. The van der Waals surface area contributed by atoms with E-state index in [0.29, 0.717) is 19.4 Å². The monoisotopic (exact) mass is 887 g/mol. The minimum absolute atomic E-state index is 0.0557. The molecular formula is C59H98O5. The van der Waals surface area contributed by atoms with Crippen LogP contribution in [-0.2, 0) is 23.8 Å². The fourth-order valence-electron chi connectivity index (χ4n) is 6.94. The van der Waals surface area contributed by atoms with Crippen LogP contribution in [0.2, 0.25) is 0 Å². The summed E-state index contributed by atoms with van der Waals surface area (Å²) < 4.78 is 17.4. The van der Waals surface area contributed by atoms with Gasteiger partial charge in [-0.25, -0.2) is 0 Å². The van der Waals surface area contributed by atoms with Crippen LogP contribution in [0.3, 0.4) is 0 Å². The number of esters is 2. The van der Waals surface area contributed by atoms with E-state index >= 15 is 0 Å². The largest absolute Gasteiger partial charge is 0.462 e. The van der Waals surface area contributed by atoms with Gasteiger partial charge in [-0.2, -0.15) is 0 Å². The number of rotatable bonds is 47. The molecule has 0 aliphatic heterocycles. The Labute approximate surface area is 395 Å². The Morgan fingerprint density at radius 2 is 0.703 bits per heavy atom. The zero-order chi connectivity index (χ0) is 46.3. The first-order valence-electron chi connectivity index (χ1n) is 26.4. The first-order chi connectivity index (χ1) is 31.6. The van der Waals surface area contributed by atoms with Gasteiger partial charge in [0.05, 0.1) is 6.61 Å². The van der Waals surface area contributed by atoms with Gasteiger partial charge < -0.3 is 14.2 Å². The van der Waals surface area contributed by atoms with Crippen LogP contribution in [-0.4, -0.2) is 37.9 Å². The lowest BCUT2D eigenvalue weighted by atomic mass is 10.1. The van der Waals surface area contributed by atoms with Crippen molar-refractivity contribution in [1.29, 1.82) is 0 Å². The third-order valence-electron chi connectivity index (χ3n) is 10.8. The second kappa shape index (κ2) is 53.9. The highest BCUT2D eigenvalue weighted by Gasteiger charge is 2.17. The molecular weight excluding hydrogens is 789 g/mol. The average Bonchev–Trinajstić information content (AvgIpc) is 3.30. The van der Waals surface area contributed by atoms with E-state index in [1.165, 1.54) is 70.6 Å². The molecule has 0 saturated heterocycles. The van der Waals surface area contributed by atoms with Crippen molar-refractivity contribution in [2.75, 3.05) is 19.8 Å². The van der Waals surface area contributed by atoms with Crippen molar-refractivity contribution in [3.63, 3.8) is 0 Å². The van der Waals surface area contributed by atoms with Gasteiger partial charge in [0.2, 0.25) is 0 Å². The highest BCUT2D eigenvalue weighted by molar-refractivity contribution is 5.70. The molecule has 0 fully saturated rings. The molecule has 0 heterocycles. The van der Waals surface area contributed by atoms with Gasteiger partial charge in [-0.3, -0.25) is 9.59 Å². The summed E-state index contributed by atoms with van der Waals surface area (Å²) in [4.78, 5) is 25.4. The maximum atomic E-state index is 12.8. The van der Waals surface area contributed by atoms with Gasteiger partial charge in [0.1, 0.15) is 6.61 Å². The Balaban J connectivity index is 4.35. The average molecular weight is 887 g/mol. The molecule has 0 spiro atoms. The molecule has 0 saturated carbocycles. The van der Waals surface area contributed by atoms with Crippen molar-refractivity contribution in [3.05, 3.63) is 109 Å². The molecule has 5 heteroatoms. The summed E-state index contributed by atoms with van der Waals surface area (Å²) in [7, 11) is 0. The van der Waals surface area contributed by atoms with Crippen LogP contribution in [0.1, 0.15) is 226 Å². The fraction of sp³-hybridized carbons (Fsp3) is 0.661. The van der Waals surface area contributed by atoms with Crippen LogP contribution in [0, 0.1) is 0 Å². The number of allylic oxidation sites excluding steroid dienone is 18.